The molecule has 1 N–H and O–H groups in total. The molecule has 8 heteroatoms. The summed E-state index contributed by atoms with van der Waals surface area (Å²) in [4.78, 5) is 19.3. The standard InChI is InChI=1S/C11H9BrN4O2S/c1-13-10-9(12)11(15-6-14-10)19-8-4-2-7(3-5-8)16(17)18/h2-6H,1H3,(H,13,14,15). The Bertz CT molecular complexity index is 606. The number of non-ortho nitro benzene ring substituents is 1. The summed E-state index contributed by atoms with van der Waals surface area (Å²) in [7, 11) is 1.77. The van der Waals surface area contributed by atoms with Gasteiger partial charge in [0.25, 0.3) is 5.69 Å². The third-order valence-corrected chi connectivity index (χ3v) is 4.28. The van der Waals surface area contributed by atoms with E-state index in [1.165, 1.54) is 30.2 Å². The van der Waals surface area contributed by atoms with Gasteiger partial charge < -0.3 is 5.32 Å². The van der Waals surface area contributed by atoms with Gasteiger partial charge in [0.15, 0.2) is 0 Å². The molecule has 2 rings (SSSR count). The summed E-state index contributed by atoms with van der Waals surface area (Å²) in [5.74, 6) is 0.694. The van der Waals surface area contributed by atoms with Crippen LogP contribution < -0.4 is 5.32 Å². The third kappa shape index (κ3) is 3.21. The molecular formula is C11H9BrN4O2S. The monoisotopic (exact) mass is 340 g/mol. The molecule has 6 nitrogen and oxygen atoms in total. The van der Waals surface area contributed by atoms with E-state index in [4.69, 9.17) is 0 Å². The highest BCUT2D eigenvalue weighted by atomic mass is 79.9. The lowest BCUT2D eigenvalue weighted by molar-refractivity contribution is -0.384. The normalized spacial score (nSPS) is 10.2. The Hall–Kier alpha value is -1.67. The van der Waals surface area contributed by atoms with E-state index in [9.17, 15) is 10.1 Å². The van der Waals surface area contributed by atoms with Crippen molar-refractivity contribution in [2.75, 3.05) is 12.4 Å². The molecule has 0 aliphatic heterocycles. The van der Waals surface area contributed by atoms with Crippen molar-refractivity contribution in [3.63, 3.8) is 0 Å². The zero-order valence-corrected chi connectivity index (χ0v) is 12.2. The second-order valence-corrected chi connectivity index (χ2v) is 5.30. The zero-order valence-electron chi connectivity index (χ0n) is 9.83. The van der Waals surface area contributed by atoms with Crippen LogP contribution in [0.2, 0.25) is 0 Å². The number of hydrogen-bond acceptors (Lipinski definition) is 6. The number of benzene rings is 1. The molecule has 0 aliphatic carbocycles. The van der Waals surface area contributed by atoms with Gasteiger partial charge in [-0.15, -0.1) is 0 Å². The van der Waals surface area contributed by atoms with E-state index in [1.807, 2.05) is 0 Å². The molecule has 0 atom stereocenters. The summed E-state index contributed by atoms with van der Waals surface area (Å²) in [6, 6.07) is 6.32. The zero-order chi connectivity index (χ0) is 13.8. The minimum atomic E-state index is -0.422. The minimum absolute atomic E-state index is 0.0713. The quantitative estimate of drug-likeness (QED) is 0.522. The predicted molar refractivity (Wildman–Crippen MR) is 76.5 cm³/mol. The van der Waals surface area contributed by atoms with E-state index in [0.717, 1.165) is 14.4 Å². The molecule has 98 valence electrons. The molecule has 0 fully saturated rings. The Morgan fingerprint density at radius 3 is 2.58 bits per heavy atom. The van der Waals surface area contributed by atoms with Crippen LogP contribution in [0.4, 0.5) is 11.5 Å². The van der Waals surface area contributed by atoms with Crippen LogP contribution in [-0.2, 0) is 0 Å². The number of aromatic nitrogens is 2. The third-order valence-electron chi connectivity index (χ3n) is 2.26. The Morgan fingerprint density at radius 1 is 1.32 bits per heavy atom. The molecule has 0 amide bonds. The Morgan fingerprint density at radius 2 is 2.00 bits per heavy atom. The molecule has 0 aliphatic rings. The molecular weight excluding hydrogens is 332 g/mol. The van der Waals surface area contributed by atoms with E-state index in [2.05, 4.69) is 31.2 Å². The highest BCUT2D eigenvalue weighted by molar-refractivity contribution is 9.10. The van der Waals surface area contributed by atoms with Crippen molar-refractivity contribution in [2.45, 2.75) is 9.92 Å². The maximum Gasteiger partial charge on any atom is 0.269 e. The number of hydrogen-bond donors (Lipinski definition) is 1. The maximum atomic E-state index is 10.6. The fourth-order valence-corrected chi connectivity index (χ4v) is 2.77. The first-order valence-electron chi connectivity index (χ1n) is 5.22. The van der Waals surface area contributed by atoms with Crippen molar-refractivity contribution in [2.24, 2.45) is 0 Å². The maximum absolute atomic E-state index is 10.6. The lowest BCUT2D eigenvalue weighted by atomic mass is 10.3. The van der Waals surface area contributed by atoms with Crippen LogP contribution >= 0.6 is 27.7 Å². The summed E-state index contributed by atoms with van der Waals surface area (Å²) in [5, 5.41) is 14.3. The SMILES string of the molecule is CNc1ncnc(Sc2ccc([N+](=O)[O-])cc2)c1Br. The van der Waals surface area contributed by atoms with Crippen molar-refractivity contribution in [1.29, 1.82) is 0 Å². The van der Waals surface area contributed by atoms with Crippen molar-refractivity contribution in [3.05, 3.63) is 45.2 Å². The van der Waals surface area contributed by atoms with Crippen LogP contribution in [0.3, 0.4) is 0 Å². The predicted octanol–water partition coefficient (Wildman–Crippen LogP) is 3.34. The Kier molecular flexibility index (Phi) is 4.33. The lowest BCUT2D eigenvalue weighted by Gasteiger charge is -2.06. The minimum Gasteiger partial charge on any atom is -0.372 e. The van der Waals surface area contributed by atoms with Gasteiger partial charge >= 0.3 is 0 Å². The highest BCUT2D eigenvalue weighted by Gasteiger charge is 2.10. The first-order valence-corrected chi connectivity index (χ1v) is 6.83. The van der Waals surface area contributed by atoms with Gasteiger partial charge in [0.1, 0.15) is 17.2 Å². The molecule has 0 saturated heterocycles. The van der Waals surface area contributed by atoms with E-state index >= 15 is 0 Å². The summed E-state index contributed by atoms with van der Waals surface area (Å²) in [6.07, 6.45) is 1.46. The molecule has 1 heterocycles. The molecule has 0 radical (unpaired) electrons. The van der Waals surface area contributed by atoms with Crippen molar-refractivity contribution >= 4 is 39.2 Å². The van der Waals surface area contributed by atoms with E-state index in [1.54, 1.807) is 19.2 Å². The van der Waals surface area contributed by atoms with E-state index < -0.39 is 4.92 Å². The van der Waals surface area contributed by atoms with Gasteiger partial charge in [0.2, 0.25) is 0 Å². The van der Waals surface area contributed by atoms with Crippen LogP contribution in [0.1, 0.15) is 0 Å². The van der Waals surface area contributed by atoms with Gasteiger partial charge in [-0.2, -0.15) is 0 Å². The number of nitro groups is 1. The van der Waals surface area contributed by atoms with E-state index in [-0.39, 0.29) is 5.69 Å². The molecule has 0 unspecified atom stereocenters. The number of halogens is 1. The summed E-state index contributed by atoms with van der Waals surface area (Å²) >= 11 is 4.82. The first-order chi connectivity index (χ1) is 9.11. The number of nitrogens with one attached hydrogen (secondary N) is 1. The van der Waals surface area contributed by atoms with Gasteiger partial charge in [0, 0.05) is 24.1 Å². The Labute approximate surface area is 121 Å². The molecule has 19 heavy (non-hydrogen) atoms. The molecule has 0 spiro atoms. The summed E-state index contributed by atoms with van der Waals surface area (Å²) in [5.41, 5.74) is 0.0713. The molecule has 2 aromatic rings. The fraction of sp³-hybridized carbons (Fsp3) is 0.0909. The topological polar surface area (TPSA) is 81.0 Å². The van der Waals surface area contributed by atoms with E-state index in [0.29, 0.717) is 5.82 Å². The van der Waals surface area contributed by atoms with Crippen LogP contribution in [0, 0.1) is 10.1 Å². The van der Waals surface area contributed by atoms with Crippen LogP contribution in [0.5, 0.6) is 0 Å². The molecule has 1 aromatic carbocycles. The molecule has 1 aromatic heterocycles. The van der Waals surface area contributed by atoms with Gasteiger partial charge in [-0.05, 0) is 28.1 Å². The van der Waals surface area contributed by atoms with Crippen molar-refractivity contribution < 1.29 is 4.92 Å². The van der Waals surface area contributed by atoms with Crippen LogP contribution in [0.15, 0.2) is 45.0 Å². The molecule has 0 saturated carbocycles. The van der Waals surface area contributed by atoms with Crippen molar-refractivity contribution in [3.8, 4) is 0 Å². The lowest BCUT2D eigenvalue weighted by Crippen LogP contribution is -1.96. The summed E-state index contributed by atoms with van der Waals surface area (Å²) < 4.78 is 0.765. The smallest absolute Gasteiger partial charge is 0.269 e. The second-order valence-electron chi connectivity index (χ2n) is 3.44. The molecule has 0 bridgehead atoms. The van der Waals surface area contributed by atoms with Gasteiger partial charge in [0.05, 0.1) is 9.40 Å². The average molecular weight is 341 g/mol. The first kappa shape index (κ1) is 13.8. The largest absolute Gasteiger partial charge is 0.372 e. The Balaban J connectivity index is 2.24. The fourth-order valence-electron chi connectivity index (χ4n) is 1.35. The van der Waals surface area contributed by atoms with Crippen LogP contribution in [-0.4, -0.2) is 21.9 Å². The number of nitrogens with zero attached hydrogens (tertiary/aromatic N) is 3. The van der Waals surface area contributed by atoms with Crippen molar-refractivity contribution in [1.82, 2.24) is 9.97 Å². The summed E-state index contributed by atoms with van der Waals surface area (Å²) in [6.45, 7) is 0. The van der Waals surface area contributed by atoms with Gasteiger partial charge in [-0.3, -0.25) is 10.1 Å². The number of rotatable bonds is 4. The number of nitro benzene ring substituents is 1. The average Bonchev–Trinajstić information content (AvgIpc) is 2.42. The number of anilines is 1. The van der Waals surface area contributed by atoms with Crippen LogP contribution in [0.25, 0.3) is 0 Å². The highest BCUT2D eigenvalue weighted by Crippen LogP contribution is 2.35. The second kappa shape index (κ2) is 5.98. The van der Waals surface area contributed by atoms with Gasteiger partial charge in [-0.1, -0.05) is 11.8 Å². The van der Waals surface area contributed by atoms with Gasteiger partial charge in [-0.25, -0.2) is 9.97 Å².